The van der Waals surface area contributed by atoms with E-state index in [0.29, 0.717) is 24.7 Å². The van der Waals surface area contributed by atoms with Gasteiger partial charge in [0.1, 0.15) is 17.1 Å². The average Bonchev–Trinajstić information content (AvgIpc) is 2.82. The predicted octanol–water partition coefficient (Wildman–Crippen LogP) is 3.78. The van der Waals surface area contributed by atoms with E-state index in [1.54, 1.807) is 13.4 Å². The van der Waals surface area contributed by atoms with Crippen LogP contribution < -0.4 is 19.8 Å². The maximum absolute atomic E-state index is 9.27. The fourth-order valence-electron chi connectivity index (χ4n) is 4.33. The van der Waals surface area contributed by atoms with E-state index in [-0.39, 0.29) is 12.5 Å². The lowest BCUT2D eigenvalue weighted by molar-refractivity contribution is -0.686. The molecule has 0 saturated carbocycles. The van der Waals surface area contributed by atoms with Crippen LogP contribution in [-0.4, -0.2) is 23.8 Å². The van der Waals surface area contributed by atoms with Gasteiger partial charge in [0, 0.05) is 18.6 Å². The van der Waals surface area contributed by atoms with Gasteiger partial charge in [-0.2, -0.15) is 0 Å². The molecule has 0 saturated heterocycles. The summed E-state index contributed by atoms with van der Waals surface area (Å²) in [7, 11) is 1.66. The van der Waals surface area contributed by atoms with E-state index < -0.39 is 0 Å². The van der Waals surface area contributed by atoms with Crippen molar-refractivity contribution >= 4 is 16.6 Å². The van der Waals surface area contributed by atoms with Crippen molar-refractivity contribution in [2.45, 2.75) is 18.9 Å². The summed E-state index contributed by atoms with van der Waals surface area (Å²) in [5.74, 6) is 2.54. The molecule has 5 rings (SSSR count). The number of methoxy groups -OCH3 is 1. The van der Waals surface area contributed by atoms with Crippen molar-refractivity contribution in [3.05, 3.63) is 83.7 Å². The molecule has 1 aliphatic rings. The minimum Gasteiger partial charge on any atom is -0.497 e. The molecule has 1 aliphatic heterocycles. The van der Waals surface area contributed by atoms with Crippen LogP contribution in [0.4, 0.5) is 5.82 Å². The van der Waals surface area contributed by atoms with Crippen molar-refractivity contribution in [3.8, 4) is 17.4 Å². The average molecular weight is 414 g/mol. The Kier molecular flexibility index (Phi) is 4.92. The van der Waals surface area contributed by atoms with Gasteiger partial charge in [-0.25, -0.2) is 4.57 Å². The second-order valence-corrected chi connectivity index (χ2v) is 7.63. The minimum absolute atomic E-state index is 0.0927. The molecule has 1 atom stereocenters. The Balaban J connectivity index is 1.78. The molecule has 0 radical (unpaired) electrons. The number of anilines is 1. The maximum Gasteiger partial charge on any atom is 0.306 e. The molecule has 0 spiro atoms. The van der Waals surface area contributed by atoms with Gasteiger partial charge < -0.3 is 20.3 Å². The monoisotopic (exact) mass is 414 g/mol. The summed E-state index contributed by atoms with van der Waals surface area (Å²) >= 11 is 0. The highest BCUT2D eigenvalue weighted by molar-refractivity contribution is 5.90. The summed E-state index contributed by atoms with van der Waals surface area (Å²) in [5, 5.41) is 11.5. The summed E-state index contributed by atoms with van der Waals surface area (Å²) in [5.41, 5.74) is 9.66. The molecule has 156 valence electrons. The Morgan fingerprint density at radius 2 is 1.87 bits per heavy atom. The number of fused-ring (bicyclic) bond motifs is 4. The van der Waals surface area contributed by atoms with E-state index in [9.17, 15) is 5.11 Å². The molecule has 2 heterocycles. The molecule has 4 aromatic rings. The summed E-state index contributed by atoms with van der Waals surface area (Å²) < 4.78 is 13.5. The smallest absolute Gasteiger partial charge is 0.306 e. The number of ether oxygens (including phenoxy) is 2. The number of aliphatic hydroxyl groups is 1. The molecular formula is C25H24N3O3+. The number of hydrogen-bond donors (Lipinski definition) is 2. The van der Waals surface area contributed by atoms with Crippen molar-refractivity contribution < 1.29 is 19.1 Å². The quantitative estimate of drug-likeness (QED) is 0.428. The van der Waals surface area contributed by atoms with Gasteiger partial charge >= 0.3 is 5.88 Å². The van der Waals surface area contributed by atoms with E-state index in [0.717, 1.165) is 39.0 Å². The first-order valence-electron chi connectivity index (χ1n) is 10.3. The number of aryl methyl sites for hydroxylation is 1. The Bertz CT molecular complexity index is 1260. The van der Waals surface area contributed by atoms with Crippen LogP contribution in [0, 0.1) is 0 Å². The topological polar surface area (TPSA) is 81.5 Å². The van der Waals surface area contributed by atoms with Gasteiger partial charge in [0.25, 0.3) is 0 Å². The Hall–Kier alpha value is -3.64. The highest BCUT2D eigenvalue weighted by Crippen LogP contribution is 2.50. The fraction of sp³-hybridized carbons (Fsp3) is 0.200. The lowest BCUT2D eigenvalue weighted by atomic mass is 9.81. The lowest BCUT2D eigenvalue weighted by Gasteiger charge is -2.28. The van der Waals surface area contributed by atoms with Crippen LogP contribution in [-0.2, 0) is 6.54 Å². The molecule has 3 N–H and O–H groups in total. The lowest BCUT2D eigenvalue weighted by Crippen LogP contribution is -2.40. The number of nitrogens with two attached hydrogens (primary N) is 1. The van der Waals surface area contributed by atoms with Gasteiger partial charge in [0.2, 0.25) is 12.1 Å². The minimum atomic E-state index is -0.148. The molecule has 0 fully saturated rings. The highest BCUT2D eigenvalue weighted by Gasteiger charge is 2.37. The molecular weight excluding hydrogens is 390 g/mol. The van der Waals surface area contributed by atoms with Crippen LogP contribution in [0.15, 0.2) is 67.0 Å². The van der Waals surface area contributed by atoms with E-state index in [1.165, 1.54) is 0 Å². The Labute approximate surface area is 180 Å². The molecule has 31 heavy (non-hydrogen) atoms. The summed E-state index contributed by atoms with van der Waals surface area (Å²) in [6.45, 7) is 0.676. The maximum atomic E-state index is 9.27. The molecule has 0 aliphatic carbocycles. The Morgan fingerprint density at radius 3 is 2.65 bits per heavy atom. The molecule has 6 nitrogen and oxygen atoms in total. The number of nitrogen functional groups attached to an aromatic ring is 1. The van der Waals surface area contributed by atoms with Crippen molar-refractivity contribution in [1.29, 1.82) is 0 Å². The van der Waals surface area contributed by atoms with Gasteiger partial charge in [-0.05, 0) is 34.5 Å². The zero-order chi connectivity index (χ0) is 21.4. The zero-order valence-corrected chi connectivity index (χ0v) is 17.3. The third-order valence-electron chi connectivity index (χ3n) is 5.85. The molecule has 1 aromatic heterocycles. The first kappa shape index (κ1) is 19.3. The summed E-state index contributed by atoms with van der Waals surface area (Å²) in [6.07, 6.45) is 2.28. The van der Waals surface area contributed by atoms with Crippen molar-refractivity contribution in [3.63, 3.8) is 0 Å². The first-order valence-corrected chi connectivity index (χ1v) is 10.3. The number of benzene rings is 3. The van der Waals surface area contributed by atoms with Crippen LogP contribution >= 0.6 is 0 Å². The normalized spacial score (nSPS) is 14.6. The van der Waals surface area contributed by atoms with E-state index >= 15 is 0 Å². The second-order valence-electron chi connectivity index (χ2n) is 7.63. The third kappa shape index (κ3) is 3.25. The highest BCUT2D eigenvalue weighted by atomic mass is 16.5. The number of rotatable bonds is 5. The van der Waals surface area contributed by atoms with Crippen LogP contribution in [0.3, 0.4) is 0 Å². The number of aliphatic hydroxyl groups excluding tert-OH is 1. The standard InChI is InChI=1S/C25H23N3O3/c1-30-18-10-7-17(8-11-18)21-22-19-6-3-2-5-16(19)9-12-20(22)31-25-23(21)24(26)28(15-27-25)13-4-14-29/h2-3,5-12,15,21,26,29H,4,13-14H2,1H3/p+1/t21-/m0/s1. The largest absolute Gasteiger partial charge is 0.497 e. The van der Waals surface area contributed by atoms with Gasteiger partial charge in [-0.1, -0.05) is 47.4 Å². The number of nitrogens with zero attached hydrogens (tertiary/aromatic N) is 2. The fourth-order valence-corrected chi connectivity index (χ4v) is 4.33. The SMILES string of the molecule is COc1ccc([C@@H]2c3c(nc[n+](CCCO)c3N)Oc3ccc4ccccc4c32)cc1. The molecule has 6 heteroatoms. The van der Waals surface area contributed by atoms with Crippen LogP contribution in [0.25, 0.3) is 10.8 Å². The van der Waals surface area contributed by atoms with Crippen LogP contribution in [0.2, 0.25) is 0 Å². The predicted molar refractivity (Wildman–Crippen MR) is 119 cm³/mol. The van der Waals surface area contributed by atoms with Gasteiger partial charge in [0.15, 0.2) is 0 Å². The molecule has 3 aromatic carbocycles. The van der Waals surface area contributed by atoms with Crippen molar-refractivity contribution in [1.82, 2.24) is 4.98 Å². The molecule has 0 amide bonds. The molecule has 0 unspecified atom stereocenters. The zero-order valence-electron chi connectivity index (χ0n) is 17.3. The Morgan fingerprint density at radius 1 is 1.06 bits per heavy atom. The van der Waals surface area contributed by atoms with Gasteiger partial charge in [-0.3, -0.25) is 0 Å². The van der Waals surface area contributed by atoms with Gasteiger partial charge in [0.05, 0.1) is 19.6 Å². The molecule has 0 bridgehead atoms. The number of aromatic nitrogens is 2. The van der Waals surface area contributed by atoms with Crippen LogP contribution in [0.1, 0.15) is 29.0 Å². The van der Waals surface area contributed by atoms with Crippen molar-refractivity contribution in [2.24, 2.45) is 0 Å². The van der Waals surface area contributed by atoms with E-state index in [1.807, 2.05) is 34.9 Å². The summed E-state index contributed by atoms with van der Waals surface area (Å²) in [4.78, 5) is 4.58. The van der Waals surface area contributed by atoms with Crippen LogP contribution in [0.5, 0.6) is 17.4 Å². The van der Waals surface area contributed by atoms with E-state index in [4.69, 9.17) is 15.2 Å². The summed E-state index contributed by atoms with van der Waals surface area (Å²) in [6, 6.07) is 20.4. The number of hydrogen-bond acceptors (Lipinski definition) is 5. The van der Waals surface area contributed by atoms with Gasteiger partial charge in [-0.15, -0.1) is 0 Å². The van der Waals surface area contributed by atoms with E-state index in [2.05, 4.69) is 35.3 Å². The third-order valence-corrected chi connectivity index (χ3v) is 5.85. The second kappa shape index (κ2) is 7.89. The van der Waals surface area contributed by atoms with Crippen molar-refractivity contribution in [2.75, 3.05) is 19.5 Å². The first-order chi connectivity index (χ1) is 15.2.